The molecule has 3 aromatic carbocycles. The third kappa shape index (κ3) is 4.75. The maximum Gasteiger partial charge on any atom is 0.256 e. The molecule has 1 heterocycles. The average molecular weight is 474 g/mol. The molecular weight excluding hydrogens is 450 g/mol. The number of primary sulfonamides is 1. The number of aromatic nitrogens is 1. The van der Waals surface area contributed by atoms with Crippen LogP contribution in [0.25, 0.3) is 16.8 Å². The van der Waals surface area contributed by atoms with Crippen molar-refractivity contribution in [2.24, 2.45) is 10.9 Å². The van der Waals surface area contributed by atoms with Crippen molar-refractivity contribution in [2.75, 3.05) is 5.32 Å². The van der Waals surface area contributed by atoms with E-state index in [4.69, 9.17) is 16.3 Å². The first-order valence-electron chi connectivity index (χ1n) is 10.3. The lowest BCUT2D eigenvalue weighted by Gasteiger charge is -2.12. The van der Waals surface area contributed by atoms with Gasteiger partial charge in [0.25, 0.3) is 5.91 Å². The molecule has 1 aromatic heterocycles. The Morgan fingerprint density at radius 1 is 0.941 bits per heavy atom. The molecule has 172 valence electrons. The summed E-state index contributed by atoms with van der Waals surface area (Å²) in [6.45, 7) is 1.92. The van der Waals surface area contributed by atoms with Crippen molar-refractivity contribution >= 4 is 27.6 Å². The summed E-state index contributed by atoms with van der Waals surface area (Å²) >= 11 is 0. The molecule has 0 aliphatic carbocycles. The van der Waals surface area contributed by atoms with E-state index in [1.54, 1.807) is 60.7 Å². The number of anilines is 1. The van der Waals surface area contributed by atoms with Crippen molar-refractivity contribution in [3.05, 3.63) is 102 Å². The number of aryl methyl sites for hydroxylation is 1. The van der Waals surface area contributed by atoms with Crippen LogP contribution in [0.3, 0.4) is 0 Å². The van der Waals surface area contributed by atoms with Crippen molar-refractivity contribution in [3.8, 4) is 16.8 Å². The number of nitrogens with two attached hydrogens (primary N) is 2. The number of rotatable bonds is 6. The van der Waals surface area contributed by atoms with E-state index >= 15 is 0 Å². The Labute approximate surface area is 197 Å². The number of hydrogen-bond acceptors (Lipinski definition) is 4. The van der Waals surface area contributed by atoms with E-state index in [0.717, 1.165) is 11.3 Å². The van der Waals surface area contributed by atoms with Gasteiger partial charge in [-0.1, -0.05) is 42.5 Å². The first-order valence-corrected chi connectivity index (χ1v) is 11.9. The molecule has 6 N–H and O–H groups in total. The lowest BCUT2D eigenvalue weighted by molar-refractivity contribution is 0.102. The molecule has 4 aromatic rings. The molecule has 0 aliphatic rings. The standard InChI is InChI=1S/C25H23N5O3S/c1-16-13-23(30(15-16)20-6-4-5-19(14-20)24(26)27)29-25(31)18-11-9-17(10-12-18)21-7-2-3-8-22(21)34(28,32)33/h2-15H,1H3,(H3,26,27)(H,29,31)(H2,28,32,33). The van der Waals surface area contributed by atoms with Crippen molar-refractivity contribution in [1.29, 1.82) is 5.41 Å². The van der Waals surface area contributed by atoms with Gasteiger partial charge in [0.2, 0.25) is 10.0 Å². The van der Waals surface area contributed by atoms with E-state index in [0.29, 0.717) is 28.1 Å². The number of nitrogen functional groups attached to an aromatic ring is 1. The molecule has 8 nitrogen and oxygen atoms in total. The Balaban J connectivity index is 1.61. The number of amides is 1. The minimum absolute atomic E-state index is 0.0216. The van der Waals surface area contributed by atoms with Crippen LogP contribution in [0, 0.1) is 12.3 Å². The molecule has 0 atom stereocenters. The maximum absolute atomic E-state index is 13.0. The first-order chi connectivity index (χ1) is 16.1. The molecule has 0 bridgehead atoms. The molecule has 0 saturated carbocycles. The van der Waals surface area contributed by atoms with Gasteiger partial charge >= 0.3 is 0 Å². The summed E-state index contributed by atoms with van der Waals surface area (Å²) in [5, 5.41) is 15.9. The summed E-state index contributed by atoms with van der Waals surface area (Å²) in [5.74, 6) is 0.195. The number of carbonyl (C=O) groups is 1. The van der Waals surface area contributed by atoms with E-state index in [1.165, 1.54) is 6.07 Å². The number of amidine groups is 1. The number of sulfonamides is 1. The Hall–Kier alpha value is -4.21. The summed E-state index contributed by atoms with van der Waals surface area (Å²) in [6, 6.07) is 22.1. The Morgan fingerprint density at radius 2 is 1.65 bits per heavy atom. The SMILES string of the molecule is Cc1cc(NC(=O)c2ccc(-c3ccccc3S(N)(=O)=O)cc2)n(-c2cccc(C(=N)N)c2)c1. The van der Waals surface area contributed by atoms with Gasteiger partial charge in [0, 0.05) is 28.6 Å². The predicted octanol–water partition coefficient (Wildman–Crippen LogP) is 3.64. The van der Waals surface area contributed by atoms with Gasteiger partial charge in [-0.2, -0.15) is 0 Å². The van der Waals surface area contributed by atoms with Crippen LogP contribution in [0.1, 0.15) is 21.5 Å². The van der Waals surface area contributed by atoms with Gasteiger partial charge in [-0.05, 0) is 54.4 Å². The number of nitrogens with one attached hydrogen (secondary N) is 2. The zero-order valence-corrected chi connectivity index (χ0v) is 19.1. The second kappa shape index (κ2) is 8.97. The van der Waals surface area contributed by atoms with Crippen LogP contribution >= 0.6 is 0 Å². The Bertz CT molecular complexity index is 1510. The molecule has 1 amide bonds. The fourth-order valence-corrected chi connectivity index (χ4v) is 4.43. The van der Waals surface area contributed by atoms with Crippen molar-refractivity contribution < 1.29 is 13.2 Å². The lowest BCUT2D eigenvalue weighted by Crippen LogP contribution is -2.15. The molecule has 0 fully saturated rings. The Kier molecular flexibility index (Phi) is 6.06. The first kappa shape index (κ1) is 23.0. The highest BCUT2D eigenvalue weighted by molar-refractivity contribution is 7.89. The molecule has 9 heteroatoms. The molecule has 34 heavy (non-hydrogen) atoms. The third-order valence-corrected chi connectivity index (χ3v) is 6.25. The predicted molar refractivity (Wildman–Crippen MR) is 133 cm³/mol. The highest BCUT2D eigenvalue weighted by Crippen LogP contribution is 2.27. The van der Waals surface area contributed by atoms with Crippen LogP contribution in [-0.2, 0) is 10.0 Å². The van der Waals surface area contributed by atoms with E-state index in [-0.39, 0.29) is 16.6 Å². The summed E-state index contributed by atoms with van der Waals surface area (Å²) in [7, 11) is -3.89. The highest BCUT2D eigenvalue weighted by atomic mass is 32.2. The summed E-state index contributed by atoms with van der Waals surface area (Å²) in [4.78, 5) is 13.0. The molecule has 0 radical (unpaired) electrons. The highest BCUT2D eigenvalue weighted by Gasteiger charge is 2.16. The maximum atomic E-state index is 13.0. The quantitative estimate of drug-likeness (QED) is 0.250. The molecule has 0 saturated heterocycles. The molecule has 0 spiro atoms. The average Bonchev–Trinajstić information content (AvgIpc) is 3.18. The number of benzene rings is 3. The second-order valence-corrected chi connectivity index (χ2v) is 9.34. The van der Waals surface area contributed by atoms with Crippen LogP contribution in [0.4, 0.5) is 5.82 Å². The normalized spacial score (nSPS) is 11.2. The van der Waals surface area contributed by atoms with E-state index in [1.807, 2.05) is 29.8 Å². The number of nitrogens with zero attached hydrogens (tertiary/aromatic N) is 1. The summed E-state index contributed by atoms with van der Waals surface area (Å²) in [6.07, 6.45) is 1.88. The van der Waals surface area contributed by atoms with E-state index < -0.39 is 10.0 Å². The lowest BCUT2D eigenvalue weighted by atomic mass is 10.0. The third-order valence-electron chi connectivity index (χ3n) is 5.29. The van der Waals surface area contributed by atoms with Crippen LogP contribution < -0.4 is 16.2 Å². The number of hydrogen-bond donors (Lipinski definition) is 4. The van der Waals surface area contributed by atoms with Gasteiger partial charge in [-0.3, -0.25) is 10.2 Å². The summed E-state index contributed by atoms with van der Waals surface area (Å²) < 4.78 is 25.6. The van der Waals surface area contributed by atoms with E-state index in [2.05, 4.69) is 5.32 Å². The molecule has 4 rings (SSSR count). The van der Waals surface area contributed by atoms with Crippen molar-refractivity contribution in [3.63, 3.8) is 0 Å². The minimum Gasteiger partial charge on any atom is -0.384 e. The van der Waals surface area contributed by atoms with Gasteiger partial charge in [-0.25, -0.2) is 13.6 Å². The van der Waals surface area contributed by atoms with Crippen LogP contribution in [-0.4, -0.2) is 24.7 Å². The van der Waals surface area contributed by atoms with Crippen molar-refractivity contribution in [2.45, 2.75) is 11.8 Å². The van der Waals surface area contributed by atoms with Crippen LogP contribution in [0.15, 0.2) is 90.0 Å². The van der Waals surface area contributed by atoms with Gasteiger partial charge in [-0.15, -0.1) is 0 Å². The van der Waals surface area contributed by atoms with Crippen molar-refractivity contribution in [1.82, 2.24) is 4.57 Å². The minimum atomic E-state index is -3.89. The zero-order valence-electron chi connectivity index (χ0n) is 18.3. The summed E-state index contributed by atoms with van der Waals surface area (Å²) in [5.41, 5.74) is 9.38. The molecule has 0 aliphatic heterocycles. The number of carbonyl (C=O) groups excluding carboxylic acids is 1. The van der Waals surface area contributed by atoms with E-state index in [9.17, 15) is 13.2 Å². The van der Waals surface area contributed by atoms with Gasteiger partial charge < -0.3 is 15.6 Å². The smallest absolute Gasteiger partial charge is 0.256 e. The van der Waals surface area contributed by atoms with Crippen LogP contribution in [0.2, 0.25) is 0 Å². The monoisotopic (exact) mass is 473 g/mol. The zero-order chi connectivity index (χ0) is 24.5. The van der Waals surface area contributed by atoms with Gasteiger partial charge in [0.05, 0.1) is 4.90 Å². The largest absolute Gasteiger partial charge is 0.384 e. The van der Waals surface area contributed by atoms with Gasteiger partial charge in [0.1, 0.15) is 11.7 Å². The second-order valence-electron chi connectivity index (χ2n) is 7.81. The van der Waals surface area contributed by atoms with Crippen LogP contribution in [0.5, 0.6) is 0 Å². The molecule has 0 unspecified atom stereocenters. The topological polar surface area (TPSA) is 144 Å². The molecular formula is C25H23N5O3S. The fraction of sp³-hybridized carbons (Fsp3) is 0.0400. The fourth-order valence-electron chi connectivity index (χ4n) is 3.67. The Morgan fingerprint density at radius 3 is 2.32 bits per heavy atom. The van der Waals surface area contributed by atoms with Gasteiger partial charge in [0.15, 0.2) is 0 Å².